The van der Waals surface area contributed by atoms with Crippen LogP contribution in [0, 0.1) is 0 Å². The lowest BCUT2D eigenvalue weighted by Crippen LogP contribution is -2.14. The minimum absolute atomic E-state index is 0.00671. The number of carbonyl (C=O) groups is 1. The summed E-state index contributed by atoms with van der Waals surface area (Å²) in [4.78, 5) is 11.1. The van der Waals surface area contributed by atoms with Crippen molar-refractivity contribution in [2.75, 3.05) is 6.61 Å². The molecule has 2 aromatic rings. The zero-order valence-corrected chi connectivity index (χ0v) is 12.5. The number of hydrogen-bond acceptors (Lipinski definition) is 4. The van der Waals surface area contributed by atoms with Gasteiger partial charge in [-0.1, -0.05) is 36.7 Å². The van der Waals surface area contributed by atoms with Crippen molar-refractivity contribution in [1.29, 1.82) is 0 Å². The molecule has 0 aliphatic rings. The Labute approximate surface area is 127 Å². The molecule has 6 nitrogen and oxygen atoms in total. The van der Waals surface area contributed by atoms with Crippen molar-refractivity contribution < 1.29 is 14.6 Å². The molecule has 0 saturated heterocycles. The van der Waals surface area contributed by atoms with Crippen LogP contribution in [0.15, 0.2) is 24.3 Å². The number of carboxylic acid groups (broad SMARTS) is 1. The molecule has 0 fully saturated rings. The van der Waals surface area contributed by atoms with Crippen molar-refractivity contribution in [3.05, 3.63) is 40.7 Å². The Morgan fingerprint density at radius 3 is 2.86 bits per heavy atom. The van der Waals surface area contributed by atoms with Crippen LogP contribution in [0.3, 0.4) is 0 Å². The Morgan fingerprint density at radius 2 is 2.24 bits per heavy atom. The summed E-state index contributed by atoms with van der Waals surface area (Å²) >= 11 is 5.87. The molecule has 0 amide bonds. The van der Waals surface area contributed by atoms with Gasteiger partial charge < -0.3 is 9.84 Å². The van der Waals surface area contributed by atoms with E-state index < -0.39 is 5.97 Å². The predicted molar refractivity (Wildman–Crippen MR) is 78.0 cm³/mol. The van der Waals surface area contributed by atoms with Gasteiger partial charge in [0.05, 0.1) is 12.2 Å². The van der Waals surface area contributed by atoms with Crippen LogP contribution >= 0.6 is 11.6 Å². The van der Waals surface area contributed by atoms with E-state index in [0.29, 0.717) is 29.6 Å². The summed E-state index contributed by atoms with van der Waals surface area (Å²) in [5, 5.41) is 17.3. The highest BCUT2D eigenvalue weighted by atomic mass is 35.5. The Morgan fingerprint density at radius 1 is 1.48 bits per heavy atom. The first-order valence-electron chi connectivity index (χ1n) is 6.54. The van der Waals surface area contributed by atoms with Crippen molar-refractivity contribution in [2.24, 2.45) is 0 Å². The van der Waals surface area contributed by atoms with Gasteiger partial charge in [-0.05, 0) is 24.1 Å². The van der Waals surface area contributed by atoms with Crippen LogP contribution < -0.4 is 4.74 Å². The highest BCUT2D eigenvalue weighted by Crippen LogP contribution is 2.19. The number of benzene rings is 1. The fraction of sp³-hybridized carbons (Fsp3) is 0.357. The van der Waals surface area contributed by atoms with Crippen LogP contribution in [-0.4, -0.2) is 32.7 Å². The summed E-state index contributed by atoms with van der Waals surface area (Å²) in [6, 6.07) is 7.09. The number of carboxylic acids is 1. The Balaban J connectivity index is 2.05. The van der Waals surface area contributed by atoms with Crippen LogP contribution in [-0.2, 0) is 6.54 Å². The van der Waals surface area contributed by atoms with Gasteiger partial charge in [-0.15, -0.1) is 5.10 Å². The van der Waals surface area contributed by atoms with E-state index >= 15 is 0 Å². The number of aromatic nitrogens is 3. The summed E-state index contributed by atoms with van der Waals surface area (Å²) in [5.41, 5.74) is 0.588. The van der Waals surface area contributed by atoms with Gasteiger partial charge in [-0.2, -0.15) is 0 Å². The van der Waals surface area contributed by atoms with E-state index in [2.05, 4.69) is 10.3 Å². The molecule has 0 saturated carbocycles. The van der Waals surface area contributed by atoms with E-state index in [4.69, 9.17) is 21.4 Å². The second-order valence-electron chi connectivity index (χ2n) is 4.81. The van der Waals surface area contributed by atoms with Crippen molar-refractivity contribution in [1.82, 2.24) is 15.0 Å². The van der Waals surface area contributed by atoms with E-state index in [1.54, 1.807) is 28.9 Å². The van der Waals surface area contributed by atoms with Crippen molar-refractivity contribution in [2.45, 2.75) is 26.3 Å². The highest BCUT2D eigenvalue weighted by Gasteiger charge is 2.21. The zero-order chi connectivity index (χ0) is 15.4. The molecule has 0 aliphatic carbocycles. The quantitative estimate of drug-likeness (QED) is 0.887. The van der Waals surface area contributed by atoms with E-state index in [9.17, 15) is 4.79 Å². The van der Waals surface area contributed by atoms with E-state index in [0.717, 1.165) is 0 Å². The summed E-state index contributed by atoms with van der Waals surface area (Å²) in [7, 11) is 0. The lowest BCUT2D eigenvalue weighted by Gasteiger charge is -2.11. The normalized spacial score (nSPS) is 10.9. The van der Waals surface area contributed by atoms with Crippen LogP contribution in [0.5, 0.6) is 5.75 Å². The lowest BCUT2D eigenvalue weighted by molar-refractivity contribution is 0.0688. The molecule has 2 rings (SSSR count). The molecule has 112 valence electrons. The molecule has 7 heteroatoms. The number of rotatable bonds is 6. The molecule has 0 radical (unpaired) electrons. The third kappa shape index (κ3) is 3.72. The van der Waals surface area contributed by atoms with Gasteiger partial charge in [0.1, 0.15) is 12.4 Å². The molecule has 0 aliphatic heterocycles. The van der Waals surface area contributed by atoms with Crippen molar-refractivity contribution >= 4 is 17.6 Å². The molecule has 0 spiro atoms. The van der Waals surface area contributed by atoms with Gasteiger partial charge in [-0.3, -0.25) is 0 Å². The molecule has 1 N–H and O–H groups in total. The van der Waals surface area contributed by atoms with Gasteiger partial charge >= 0.3 is 5.97 Å². The zero-order valence-electron chi connectivity index (χ0n) is 11.8. The summed E-state index contributed by atoms with van der Waals surface area (Å²) in [5.74, 6) is -0.398. The van der Waals surface area contributed by atoms with Crippen LogP contribution in [0.25, 0.3) is 0 Å². The van der Waals surface area contributed by atoms with Gasteiger partial charge in [0.15, 0.2) is 5.69 Å². The molecule has 0 bridgehead atoms. The molecular weight excluding hydrogens is 294 g/mol. The average Bonchev–Trinajstić information content (AvgIpc) is 2.83. The Bertz CT molecular complexity index is 640. The third-order valence-electron chi connectivity index (χ3n) is 2.89. The number of ether oxygens (including phenoxy) is 1. The minimum atomic E-state index is -1.07. The maximum Gasteiger partial charge on any atom is 0.358 e. The van der Waals surface area contributed by atoms with E-state index in [1.807, 2.05) is 13.8 Å². The number of nitrogens with zero attached hydrogens (tertiary/aromatic N) is 3. The molecule has 1 aromatic heterocycles. The third-order valence-corrected chi connectivity index (χ3v) is 3.13. The molecule has 0 unspecified atom stereocenters. The highest BCUT2D eigenvalue weighted by molar-refractivity contribution is 6.30. The fourth-order valence-electron chi connectivity index (χ4n) is 2.02. The largest absolute Gasteiger partial charge is 0.492 e. The first kappa shape index (κ1) is 15.3. The maximum absolute atomic E-state index is 11.1. The molecule has 21 heavy (non-hydrogen) atoms. The first-order chi connectivity index (χ1) is 9.99. The SMILES string of the molecule is CC(C)c1c(C(=O)O)nnn1CCOc1cccc(Cl)c1. The Hall–Kier alpha value is -2.08. The van der Waals surface area contributed by atoms with Gasteiger partial charge in [0, 0.05) is 5.02 Å². The number of halogens is 1. The standard InChI is InChI=1S/C14H16ClN3O3/c1-9(2)13-12(14(19)20)16-17-18(13)6-7-21-11-5-3-4-10(15)8-11/h3-5,8-9H,6-7H2,1-2H3,(H,19,20). The van der Waals surface area contributed by atoms with E-state index in [-0.39, 0.29) is 11.6 Å². The maximum atomic E-state index is 11.1. The van der Waals surface area contributed by atoms with Gasteiger partial charge in [0.25, 0.3) is 0 Å². The van der Waals surface area contributed by atoms with E-state index in [1.165, 1.54) is 0 Å². The monoisotopic (exact) mass is 309 g/mol. The Kier molecular flexibility index (Phi) is 4.80. The summed E-state index contributed by atoms with van der Waals surface area (Å²) < 4.78 is 7.14. The second kappa shape index (κ2) is 6.58. The van der Waals surface area contributed by atoms with Crippen molar-refractivity contribution in [3.63, 3.8) is 0 Å². The smallest absolute Gasteiger partial charge is 0.358 e. The molecule has 1 heterocycles. The van der Waals surface area contributed by atoms with Crippen LogP contribution in [0.2, 0.25) is 5.02 Å². The second-order valence-corrected chi connectivity index (χ2v) is 5.25. The van der Waals surface area contributed by atoms with Gasteiger partial charge in [-0.25, -0.2) is 9.48 Å². The summed E-state index contributed by atoms with van der Waals surface area (Å²) in [6.45, 7) is 4.57. The lowest BCUT2D eigenvalue weighted by atomic mass is 10.1. The summed E-state index contributed by atoms with van der Waals surface area (Å²) in [6.07, 6.45) is 0. The molecule has 1 aromatic carbocycles. The molecule has 0 atom stereocenters. The van der Waals surface area contributed by atoms with Crippen molar-refractivity contribution in [3.8, 4) is 5.75 Å². The first-order valence-corrected chi connectivity index (χ1v) is 6.92. The number of hydrogen-bond donors (Lipinski definition) is 1. The van der Waals surface area contributed by atoms with Crippen LogP contribution in [0.4, 0.5) is 0 Å². The minimum Gasteiger partial charge on any atom is -0.492 e. The topological polar surface area (TPSA) is 77.2 Å². The molecular formula is C14H16ClN3O3. The van der Waals surface area contributed by atoms with Gasteiger partial charge in [0.2, 0.25) is 0 Å². The van der Waals surface area contributed by atoms with Crippen LogP contribution in [0.1, 0.15) is 35.9 Å². The predicted octanol–water partition coefficient (Wildman–Crippen LogP) is 2.83. The number of aromatic carboxylic acids is 1. The fourth-order valence-corrected chi connectivity index (χ4v) is 2.20. The average molecular weight is 310 g/mol.